The van der Waals surface area contributed by atoms with Crippen molar-refractivity contribution in [1.82, 2.24) is 5.32 Å². The fourth-order valence-electron chi connectivity index (χ4n) is 3.86. The number of nitrogens with one attached hydrogen (secondary N) is 1. The van der Waals surface area contributed by atoms with Gasteiger partial charge in [0.25, 0.3) is 0 Å². The number of amides is 1. The van der Waals surface area contributed by atoms with Gasteiger partial charge in [0, 0.05) is 0 Å². The number of rotatable bonds is 4. The predicted octanol–water partition coefficient (Wildman–Crippen LogP) is 2.54. The van der Waals surface area contributed by atoms with Crippen LogP contribution in [0, 0.1) is 10.8 Å². The molecule has 0 unspecified atom stereocenters. The van der Waals surface area contributed by atoms with Gasteiger partial charge in [0.2, 0.25) is 0 Å². The van der Waals surface area contributed by atoms with Crippen LogP contribution in [-0.2, 0) is 9.53 Å². The molecule has 0 radical (unpaired) electrons. The lowest BCUT2D eigenvalue weighted by atomic mass is 9.35. The van der Waals surface area contributed by atoms with Crippen molar-refractivity contribution >= 4 is 12.1 Å². The summed E-state index contributed by atoms with van der Waals surface area (Å²) in [5.41, 5.74) is -0.0290. The standard InChI is InChI=1S/C14H23NO4/c1-12(2,3)19-11(18)15-9(10(16)17)5-14-6-13(4,7-14)8-14/h9H,5-8H2,1-4H3,(H,15,18)(H,16,17)/t9-,13?,14?/m1/s1. The summed E-state index contributed by atoms with van der Waals surface area (Å²) in [5, 5.41) is 11.7. The molecule has 0 saturated heterocycles. The van der Waals surface area contributed by atoms with Gasteiger partial charge in [-0.05, 0) is 57.3 Å². The van der Waals surface area contributed by atoms with Crippen LogP contribution in [0.15, 0.2) is 0 Å². The second-order valence-electron chi connectivity index (χ2n) is 7.58. The molecule has 3 aliphatic rings. The quantitative estimate of drug-likeness (QED) is 0.822. The molecule has 5 heteroatoms. The highest BCUT2D eigenvalue weighted by molar-refractivity contribution is 5.80. The fraction of sp³-hybridized carbons (Fsp3) is 0.857. The maximum absolute atomic E-state index is 11.6. The minimum Gasteiger partial charge on any atom is -0.480 e. The molecule has 0 aromatic heterocycles. The van der Waals surface area contributed by atoms with Crippen LogP contribution >= 0.6 is 0 Å². The topological polar surface area (TPSA) is 75.6 Å². The van der Waals surface area contributed by atoms with Crippen LogP contribution in [0.3, 0.4) is 0 Å². The highest BCUT2D eigenvalue weighted by atomic mass is 16.6. The number of carbonyl (C=O) groups excluding carboxylic acids is 1. The van der Waals surface area contributed by atoms with E-state index in [9.17, 15) is 14.7 Å². The van der Waals surface area contributed by atoms with E-state index in [2.05, 4.69) is 12.2 Å². The van der Waals surface area contributed by atoms with E-state index in [0.29, 0.717) is 11.8 Å². The van der Waals surface area contributed by atoms with Crippen molar-refractivity contribution in [3.8, 4) is 0 Å². The Hall–Kier alpha value is -1.26. The van der Waals surface area contributed by atoms with E-state index in [1.165, 1.54) is 0 Å². The second kappa shape index (κ2) is 4.12. The smallest absolute Gasteiger partial charge is 0.408 e. The molecule has 2 N–H and O–H groups in total. The summed E-state index contributed by atoms with van der Waals surface area (Å²) >= 11 is 0. The van der Waals surface area contributed by atoms with Crippen molar-refractivity contribution in [2.75, 3.05) is 0 Å². The summed E-state index contributed by atoms with van der Waals surface area (Å²) in [5.74, 6) is -0.985. The molecule has 3 fully saturated rings. The summed E-state index contributed by atoms with van der Waals surface area (Å²) in [7, 11) is 0. The number of carboxylic acids is 1. The summed E-state index contributed by atoms with van der Waals surface area (Å²) in [6.07, 6.45) is 3.11. The van der Waals surface area contributed by atoms with Gasteiger partial charge in [-0.3, -0.25) is 0 Å². The van der Waals surface area contributed by atoms with Crippen LogP contribution in [0.25, 0.3) is 0 Å². The lowest BCUT2D eigenvalue weighted by Gasteiger charge is -2.70. The molecule has 0 heterocycles. The lowest BCUT2D eigenvalue weighted by molar-refractivity contribution is -0.200. The first-order valence-electron chi connectivity index (χ1n) is 6.75. The van der Waals surface area contributed by atoms with E-state index in [1.807, 2.05) is 0 Å². The van der Waals surface area contributed by atoms with Crippen molar-refractivity contribution in [3.63, 3.8) is 0 Å². The molecule has 3 rings (SSSR count). The molecule has 0 aliphatic heterocycles. The largest absolute Gasteiger partial charge is 0.480 e. The third-order valence-electron chi connectivity index (χ3n) is 4.03. The molecular weight excluding hydrogens is 246 g/mol. The third kappa shape index (κ3) is 3.01. The zero-order valence-electron chi connectivity index (χ0n) is 12.1. The van der Waals surface area contributed by atoms with E-state index in [0.717, 1.165) is 19.3 Å². The van der Waals surface area contributed by atoms with Crippen LogP contribution in [0.4, 0.5) is 4.79 Å². The molecule has 5 nitrogen and oxygen atoms in total. The maximum atomic E-state index is 11.6. The Labute approximate surface area is 113 Å². The molecule has 0 aromatic rings. The summed E-state index contributed by atoms with van der Waals surface area (Å²) in [6, 6.07) is -0.847. The SMILES string of the molecule is CC12CC(C[C@@H](NC(=O)OC(C)(C)C)C(=O)O)(C1)C2. The maximum Gasteiger partial charge on any atom is 0.408 e. The molecule has 3 aliphatic carbocycles. The van der Waals surface area contributed by atoms with Gasteiger partial charge in [-0.15, -0.1) is 0 Å². The van der Waals surface area contributed by atoms with E-state index in [1.54, 1.807) is 20.8 Å². The minimum absolute atomic E-state index is 0.146. The first-order chi connectivity index (χ1) is 8.53. The summed E-state index contributed by atoms with van der Waals surface area (Å²) < 4.78 is 5.10. The Bertz CT molecular complexity index is 390. The van der Waals surface area contributed by atoms with Crippen molar-refractivity contribution < 1.29 is 19.4 Å². The number of alkyl carbamates (subject to hydrolysis) is 1. The van der Waals surface area contributed by atoms with Gasteiger partial charge >= 0.3 is 12.1 Å². The van der Waals surface area contributed by atoms with E-state index < -0.39 is 23.7 Å². The fourth-order valence-corrected chi connectivity index (χ4v) is 3.86. The average Bonchev–Trinajstić information content (AvgIpc) is 2.08. The average molecular weight is 269 g/mol. The number of ether oxygens (including phenoxy) is 1. The van der Waals surface area contributed by atoms with Crippen molar-refractivity contribution in [2.45, 2.75) is 65.0 Å². The highest BCUT2D eigenvalue weighted by Gasteiger charge is 2.65. The van der Waals surface area contributed by atoms with Crippen LogP contribution < -0.4 is 5.32 Å². The van der Waals surface area contributed by atoms with Gasteiger partial charge in [0.1, 0.15) is 11.6 Å². The van der Waals surface area contributed by atoms with Crippen LogP contribution in [0.2, 0.25) is 0 Å². The highest BCUT2D eigenvalue weighted by Crippen LogP contribution is 2.74. The number of carbonyl (C=O) groups is 2. The van der Waals surface area contributed by atoms with Gasteiger partial charge in [-0.1, -0.05) is 6.92 Å². The number of aliphatic carboxylic acids is 1. The number of hydrogen-bond acceptors (Lipinski definition) is 3. The number of carboxylic acid groups (broad SMARTS) is 1. The Morgan fingerprint density at radius 3 is 2.21 bits per heavy atom. The molecule has 0 spiro atoms. The molecule has 3 saturated carbocycles. The van der Waals surface area contributed by atoms with Gasteiger partial charge in [-0.25, -0.2) is 9.59 Å². The number of hydrogen-bond donors (Lipinski definition) is 2. The third-order valence-corrected chi connectivity index (χ3v) is 4.03. The molecule has 1 atom stereocenters. The van der Waals surface area contributed by atoms with Crippen LogP contribution in [0.5, 0.6) is 0 Å². The Balaban J connectivity index is 1.87. The summed E-state index contributed by atoms with van der Waals surface area (Å²) in [6.45, 7) is 7.49. The monoisotopic (exact) mass is 269 g/mol. The van der Waals surface area contributed by atoms with E-state index in [-0.39, 0.29) is 5.41 Å². The van der Waals surface area contributed by atoms with Gasteiger partial charge in [-0.2, -0.15) is 0 Å². The Kier molecular flexibility index (Phi) is 3.07. The normalized spacial score (nSPS) is 33.7. The zero-order valence-corrected chi connectivity index (χ0v) is 12.1. The van der Waals surface area contributed by atoms with Crippen LogP contribution in [-0.4, -0.2) is 28.8 Å². The molecule has 1 amide bonds. The van der Waals surface area contributed by atoms with Gasteiger partial charge in [0.15, 0.2) is 0 Å². The first kappa shape index (κ1) is 14.2. The van der Waals surface area contributed by atoms with Crippen molar-refractivity contribution in [3.05, 3.63) is 0 Å². The summed E-state index contributed by atoms with van der Waals surface area (Å²) in [4.78, 5) is 22.9. The predicted molar refractivity (Wildman–Crippen MR) is 69.8 cm³/mol. The Morgan fingerprint density at radius 2 is 1.84 bits per heavy atom. The minimum atomic E-state index is -0.985. The van der Waals surface area contributed by atoms with Crippen molar-refractivity contribution in [1.29, 1.82) is 0 Å². The van der Waals surface area contributed by atoms with Gasteiger partial charge in [0.05, 0.1) is 0 Å². The lowest BCUT2D eigenvalue weighted by Crippen LogP contribution is -2.62. The van der Waals surface area contributed by atoms with Gasteiger partial charge < -0.3 is 15.2 Å². The van der Waals surface area contributed by atoms with Crippen molar-refractivity contribution in [2.24, 2.45) is 10.8 Å². The molecule has 2 bridgehead atoms. The molecule has 19 heavy (non-hydrogen) atoms. The van der Waals surface area contributed by atoms with E-state index in [4.69, 9.17) is 4.74 Å². The Morgan fingerprint density at radius 1 is 1.32 bits per heavy atom. The molecule has 108 valence electrons. The molecule has 0 aromatic carbocycles. The van der Waals surface area contributed by atoms with Crippen LogP contribution in [0.1, 0.15) is 53.4 Å². The second-order valence-corrected chi connectivity index (χ2v) is 7.58. The first-order valence-corrected chi connectivity index (χ1v) is 6.75. The van der Waals surface area contributed by atoms with E-state index >= 15 is 0 Å². The molecular formula is C14H23NO4. The zero-order chi connectivity index (χ0) is 14.5.